The maximum atomic E-state index is 13.4. The second kappa shape index (κ2) is 4.11. The van der Waals surface area contributed by atoms with Gasteiger partial charge >= 0.3 is 0 Å². The lowest BCUT2D eigenvalue weighted by Crippen LogP contribution is -1.88. The minimum atomic E-state index is -0.837. The summed E-state index contributed by atoms with van der Waals surface area (Å²) in [5.74, 6) is -1.66. The summed E-state index contributed by atoms with van der Waals surface area (Å²) in [6.07, 6.45) is 0. The summed E-state index contributed by atoms with van der Waals surface area (Å²) in [5, 5.41) is 0. The standard InChI is InChI=1S/C12H6BrF2/c13-9-4-1-3-8(7-9)10-5-2-6-11(14)12(10)15/h1-3,5-7H. The van der Waals surface area contributed by atoms with E-state index in [4.69, 9.17) is 0 Å². The Bertz CT molecular complexity index is 495. The van der Waals surface area contributed by atoms with Gasteiger partial charge in [0.1, 0.15) is 0 Å². The van der Waals surface area contributed by atoms with Gasteiger partial charge in [-0.05, 0) is 23.8 Å². The molecule has 0 fully saturated rings. The lowest BCUT2D eigenvalue weighted by Gasteiger charge is -2.04. The molecular formula is C12H6BrF2. The monoisotopic (exact) mass is 267 g/mol. The molecule has 75 valence electrons. The third kappa shape index (κ3) is 2.07. The molecule has 0 aliphatic rings. The van der Waals surface area contributed by atoms with E-state index in [1.54, 1.807) is 24.3 Å². The fourth-order valence-corrected chi connectivity index (χ4v) is 1.71. The summed E-state index contributed by atoms with van der Waals surface area (Å²) in [5.41, 5.74) is 0.877. The van der Waals surface area contributed by atoms with E-state index in [9.17, 15) is 8.78 Å². The molecule has 2 rings (SSSR count). The van der Waals surface area contributed by atoms with Crippen molar-refractivity contribution in [1.82, 2.24) is 0 Å². The first kappa shape index (κ1) is 10.3. The predicted molar refractivity (Wildman–Crippen MR) is 58.3 cm³/mol. The van der Waals surface area contributed by atoms with Crippen LogP contribution in [0.5, 0.6) is 0 Å². The molecule has 0 aliphatic heterocycles. The van der Waals surface area contributed by atoms with Crippen molar-refractivity contribution < 1.29 is 8.78 Å². The van der Waals surface area contributed by atoms with Gasteiger partial charge in [0.05, 0.1) is 0 Å². The summed E-state index contributed by atoms with van der Waals surface area (Å²) in [4.78, 5) is 0. The lowest BCUT2D eigenvalue weighted by atomic mass is 10.1. The van der Waals surface area contributed by atoms with Gasteiger partial charge in [-0.15, -0.1) is 0 Å². The first-order valence-corrected chi connectivity index (χ1v) is 5.09. The molecule has 1 radical (unpaired) electrons. The number of hydrogen-bond donors (Lipinski definition) is 0. The van der Waals surface area contributed by atoms with E-state index in [1.165, 1.54) is 6.07 Å². The lowest BCUT2D eigenvalue weighted by molar-refractivity contribution is 0.511. The minimum absolute atomic E-state index is 0.254. The normalized spacial score (nSPS) is 10.3. The molecule has 0 saturated carbocycles. The zero-order valence-corrected chi connectivity index (χ0v) is 9.18. The summed E-state index contributed by atoms with van der Waals surface area (Å²) < 4.78 is 27.1. The SMILES string of the molecule is Fc1cccc(-c2cc[c]c(Br)c2)c1F. The van der Waals surface area contributed by atoms with Gasteiger partial charge in [0, 0.05) is 10.0 Å². The molecule has 0 bridgehead atoms. The van der Waals surface area contributed by atoms with Gasteiger partial charge in [0.15, 0.2) is 11.6 Å². The van der Waals surface area contributed by atoms with Crippen LogP contribution >= 0.6 is 15.9 Å². The topological polar surface area (TPSA) is 0 Å². The highest BCUT2D eigenvalue weighted by Crippen LogP contribution is 2.26. The largest absolute Gasteiger partial charge is 0.204 e. The van der Waals surface area contributed by atoms with E-state index in [1.807, 2.05) is 0 Å². The Balaban J connectivity index is 2.59. The quantitative estimate of drug-likeness (QED) is 0.727. The van der Waals surface area contributed by atoms with Crippen LogP contribution in [0.25, 0.3) is 11.1 Å². The van der Waals surface area contributed by atoms with Crippen LogP contribution in [0.4, 0.5) is 8.78 Å². The van der Waals surface area contributed by atoms with Crippen molar-refractivity contribution in [3.05, 3.63) is 58.6 Å². The Morgan fingerprint density at radius 3 is 2.67 bits per heavy atom. The maximum Gasteiger partial charge on any atom is 0.166 e. The molecule has 0 aromatic heterocycles. The van der Waals surface area contributed by atoms with E-state index >= 15 is 0 Å². The Labute approximate surface area is 94.7 Å². The van der Waals surface area contributed by atoms with Crippen LogP contribution in [0.3, 0.4) is 0 Å². The molecule has 0 amide bonds. The molecule has 0 atom stereocenters. The van der Waals surface area contributed by atoms with E-state index in [0.29, 0.717) is 10.0 Å². The van der Waals surface area contributed by atoms with Crippen molar-refractivity contribution in [3.8, 4) is 11.1 Å². The van der Waals surface area contributed by atoms with Gasteiger partial charge in [-0.25, -0.2) is 8.78 Å². The van der Waals surface area contributed by atoms with E-state index in [-0.39, 0.29) is 5.56 Å². The van der Waals surface area contributed by atoms with Crippen LogP contribution in [0.1, 0.15) is 0 Å². The third-order valence-electron chi connectivity index (χ3n) is 2.03. The zero-order chi connectivity index (χ0) is 10.8. The van der Waals surface area contributed by atoms with Crippen molar-refractivity contribution in [2.75, 3.05) is 0 Å². The van der Waals surface area contributed by atoms with Crippen LogP contribution in [0, 0.1) is 17.7 Å². The number of rotatable bonds is 1. The van der Waals surface area contributed by atoms with E-state index in [2.05, 4.69) is 22.0 Å². The van der Waals surface area contributed by atoms with Crippen LogP contribution in [-0.4, -0.2) is 0 Å². The van der Waals surface area contributed by atoms with E-state index in [0.717, 1.165) is 6.07 Å². The molecule has 15 heavy (non-hydrogen) atoms. The average Bonchev–Trinajstić information content (AvgIpc) is 2.22. The molecule has 2 aromatic rings. The van der Waals surface area contributed by atoms with Gasteiger partial charge in [-0.2, -0.15) is 0 Å². The Kier molecular flexibility index (Phi) is 2.82. The summed E-state index contributed by atoms with van der Waals surface area (Å²) in [6.45, 7) is 0. The van der Waals surface area contributed by atoms with Crippen LogP contribution < -0.4 is 0 Å². The van der Waals surface area contributed by atoms with E-state index < -0.39 is 11.6 Å². The van der Waals surface area contributed by atoms with Crippen molar-refractivity contribution in [3.63, 3.8) is 0 Å². The molecule has 0 nitrogen and oxygen atoms in total. The third-order valence-corrected chi connectivity index (χ3v) is 2.49. The van der Waals surface area contributed by atoms with Gasteiger partial charge in [0.2, 0.25) is 0 Å². The second-order valence-electron chi connectivity index (χ2n) is 3.03. The molecule has 0 spiro atoms. The summed E-state index contributed by atoms with van der Waals surface area (Å²) in [7, 11) is 0. The molecular weight excluding hydrogens is 262 g/mol. The van der Waals surface area contributed by atoms with Crippen molar-refractivity contribution in [2.45, 2.75) is 0 Å². The smallest absolute Gasteiger partial charge is 0.166 e. The second-order valence-corrected chi connectivity index (χ2v) is 3.88. The molecule has 0 unspecified atom stereocenters. The molecule has 0 N–H and O–H groups in total. The highest BCUT2D eigenvalue weighted by atomic mass is 79.9. The molecule has 0 saturated heterocycles. The van der Waals surface area contributed by atoms with Crippen molar-refractivity contribution in [1.29, 1.82) is 0 Å². The molecule has 0 heterocycles. The highest BCUT2D eigenvalue weighted by molar-refractivity contribution is 9.10. The Morgan fingerprint density at radius 1 is 1.13 bits per heavy atom. The van der Waals surface area contributed by atoms with Crippen molar-refractivity contribution >= 4 is 15.9 Å². The summed E-state index contributed by atoms with van der Waals surface area (Å²) >= 11 is 3.23. The number of halogens is 3. The predicted octanol–water partition coefficient (Wildman–Crippen LogP) is 4.19. The Hall–Kier alpha value is -1.22. The highest BCUT2D eigenvalue weighted by Gasteiger charge is 2.09. The van der Waals surface area contributed by atoms with Crippen LogP contribution in [0.2, 0.25) is 0 Å². The number of benzene rings is 2. The molecule has 2 aromatic carbocycles. The van der Waals surface area contributed by atoms with Crippen LogP contribution in [-0.2, 0) is 0 Å². The minimum Gasteiger partial charge on any atom is -0.204 e. The number of hydrogen-bond acceptors (Lipinski definition) is 0. The van der Waals surface area contributed by atoms with Crippen LogP contribution in [0.15, 0.2) is 40.9 Å². The fraction of sp³-hybridized carbons (Fsp3) is 0. The molecule has 3 heteroatoms. The molecule has 0 aliphatic carbocycles. The van der Waals surface area contributed by atoms with Gasteiger partial charge in [-0.3, -0.25) is 0 Å². The van der Waals surface area contributed by atoms with Gasteiger partial charge in [-0.1, -0.05) is 40.2 Å². The Morgan fingerprint density at radius 2 is 1.93 bits per heavy atom. The maximum absolute atomic E-state index is 13.4. The first-order chi connectivity index (χ1) is 7.18. The van der Waals surface area contributed by atoms with Gasteiger partial charge < -0.3 is 0 Å². The fourth-order valence-electron chi connectivity index (χ4n) is 1.33. The van der Waals surface area contributed by atoms with Crippen molar-refractivity contribution in [2.24, 2.45) is 0 Å². The summed E-state index contributed by atoms with van der Waals surface area (Å²) in [6, 6.07) is 12.0. The average molecular weight is 268 g/mol. The zero-order valence-electron chi connectivity index (χ0n) is 7.60. The van der Waals surface area contributed by atoms with Gasteiger partial charge in [0.25, 0.3) is 0 Å². The first-order valence-electron chi connectivity index (χ1n) is 4.30.